The Kier molecular flexibility index (Phi) is 3.20. The number of benzene rings is 1. The highest BCUT2D eigenvalue weighted by Crippen LogP contribution is 2.45. The van der Waals surface area contributed by atoms with E-state index in [9.17, 15) is 4.79 Å². The first-order chi connectivity index (χ1) is 7.69. The summed E-state index contributed by atoms with van der Waals surface area (Å²) >= 11 is 5.70. The Hall–Kier alpha value is -1.02. The lowest BCUT2D eigenvalue weighted by Gasteiger charge is -2.38. The standard InChI is InChI=1S/C13H15ClO2/c1-2-16-11-6-4-10(5-7-11)13(12(14)15)8-3-9-13/h4-7H,2-3,8-9H2,1H3. The van der Waals surface area contributed by atoms with Gasteiger partial charge >= 0.3 is 0 Å². The average Bonchev–Trinajstić information content (AvgIpc) is 2.18. The van der Waals surface area contributed by atoms with Crippen LogP contribution in [0.5, 0.6) is 5.75 Å². The molecule has 0 atom stereocenters. The number of rotatable bonds is 4. The molecule has 16 heavy (non-hydrogen) atoms. The van der Waals surface area contributed by atoms with Crippen LogP contribution in [0.1, 0.15) is 31.7 Å². The first kappa shape index (κ1) is 11.5. The highest BCUT2D eigenvalue weighted by atomic mass is 35.5. The van der Waals surface area contributed by atoms with E-state index in [1.54, 1.807) is 0 Å². The predicted octanol–water partition coefficient (Wildman–Crippen LogP) is 3.27. The molecule has 0 heterocycles. The van der Waals surface area contributed by atoms with E-state index in [1.165, 1.54) is 0 Å². The molecule has 2 rings (SSSR count). The molecule has 0 radical (unpaired) electrons. The van der Waals surface area contributed by atoms with Crippen molar-refractivity contribution in [3.63, 3.8) is 0 Å². The van der Waals surface area contributed by atoms with E-state index in [0.717, 1.165) is 30.6 Å². The summed E-state index contributed by atoms with van der Waals surface area (Å²) in [6.45, 7) is 2.60. The monoisotopic (exact) mass is 238 g/mol. The van der Waals surface area contributed by atoms with Crippen molar-refractivity contribution in [2.24, 2.45) is 0 Å². The zero-order chi connectivity index (χ0) is 11.6. The maximum atomic E-state index is 11.5. The maximum absolute atomic E-state index is 11.5. The lowest BCUT2D eigenvalue weighted by Crippen LogP contribution is -2.39. The third kappa shape index (κ3) is 1.82. The number of halogens is 1. The van der Waals surface area contributed by atoms with Gasteiger partial charge in [-0.3, -0.25) is 4.79 Å². The second-order valence-electron chi connectivity index (χ2n) is 4.17. The minimum atomic E-state index is -0.424. The molecule has 0 N–H and O–H groups in total. The molecular formula is C13H15ClO2. The Balaban J connectivity index is 2.23. The number of ether oxygens (including phenoxy) is 1. The molecule has 0 amide bonds. The van der Waals surface area contributed by atoms with Crippen LogP contribution in [0.15, 0.2) is 24.3 Å². The van der Waals surface area contributed by atoms with Crippen molar-refractivity contribution in [1.82, 2.24) is 0 Å². The third-order valence-corrected chi connectivity index (χ3v) is 3.66. The SMILES string of the molecule is CCOc1ccc(C2(C(=O)Cl)CCC2)cc1. The number of hydrogen-bond acceptors (Lipinski definition) is 2. The van der Waals surface area contributed by atoms with Gasteiger partial charge in [0, 0.05) is 0 Å². The summed E-state index contributed by atoms with van der Waals surface area (Å²) in [5, 5.41) is -0.233. The number of carbonyl (C=O) groups excluding carboxylic acids is 1. The van der Waals surface area contributed by atoms with Crippen molar-refractivity contribution in [2.75, 3.05) is 6.61 Å². The molecule has 2 nitrogen and oxygen atoms in total. The molecule has 0 spiro atoms. The van der Waals surface area contributed by atoms with Crippen molar-refractivity contribution < 1.29 is 9.53 Å². The fourth-order valence-electron chi connectivity index (χ4n) is 2.17. The van der Waals surface area contributed by atoms with E-state index in [-0.39, 0.29) is 5.24 Å². The summed E-state index contributed by atoms with van der Waals surface area (Å²) < 4.78 is 5.37. The van der Waals surface area contributed by atoms with E-state index in [2.05, 4.69) is 0 Å². The van der Waals surface area contributed by atoms with E-state index < -0.39 is 5.41 Å². The molecule has 1 aliphatic carbocycles. The Morgan fingerprint density at radius 3 is 2.38 bits per heavy atom. The second-order valence-corrected chi connectivity index (χ2v) is 4.51. The van der Waals surface area contributed by atoms with Crippen LogP contribution in [0.3, 0.4) is 0 Å². The average molecular weight is 239 g/mol. The summed E-state index contributed by atoms with van der Waals surface area (Å²) in [6, 6.07) is 7.70. The van der Waals surface area contributed by atoms with Crippen LogP contribution in [-0.2, 0) is 10.2 Å². The molecular weight excluding hydrogens is 224 g/mol. The molecule has 0 unspecified atom stereocenters. The van der Waals surface area contributed by atoms with Crippen LogP contribution in [0.2, 0.25) is 0 Å². The summed E-state index contributed by atoms with van der Waals surface area (Å²) in [5.74, 6) is 0.836. The van der Waals surface area contributed by atoms with Crippen LogP contribution >= 0.6 is 11.6 Å². The van der Waals surface area contributed by atoms with Crippen molar-refractivity contribution >= 4 is 16.8 Å². The molecule has 1 aromatic carbocycles. The minimum absolute atomic E-state index is 0.233. The van der Waals surface area contributed by atoms with Gasteiger partial charge in [0.2, 0.25) is 5.24 Å². The van der Waals surface area contributed by atoms with Crippen LogP contribution in [0, 0.1) is 0 Å². The van der Waals surface area contributed by atoms with Crippen LogP contribution < -0.4 is 4.74 Å². The van der Waals surface area contributed by atoms with E-state index in [0.29, 0.717) is 6.61 Å². The van der Waals surface area contributed by atoms with Crippen LogP contribution in [0.4, 0.5) is 0 Å². The fraction of sp³-hybridized carbons (Fsp3) is 0.462. The van der Waals surface area contributed by atoms with Crippen molar-refractivity contribution in [3.05, 3.63) is 29.8 Å². The molecule has 0 bridgehead atoms. The first-order valence-electron chi connectivity index (χ1n) is 5.62. The van der Waals surface area contributed by atoms with Crippen LogP contribution in [0.25, 0.3) is 0 Å². The second kappa shape index (κ2) is 4.46. The number of hydrogen-bond donors (Lipinski definition) is 0. The minimum Gasteiger partial charge on any atom is -0.494 e. The van der Waals surface area contributed by atoms with Gasteiger partial charge < -0.3 is 4.74 Å². The Morgan fingerprint density at radius 2 is 2.00 bits per heavy atom. The quantitative estimate of drug-likeness (QED) is 0.753. The summed E-state index contributed by atoms with van der Waals surface area (Å²) in [7, 11) is 0. The van der Waals surface area contributed by atoms with E-state index >= 15 is 0 Å². The Morgan fingerprint density at radius 1 is 1.38 bits per heavy atom. The molecule has 1 saturated carbocycles. The van der Waals surface area contributed by atoms with Gasteiger partial charge in [-0.15, -0.1) is 0 Å². The van der Waals surface area contributed by atoms with Crippen LogP contribution in [-0.4, -0.2) is 11.8 Å². The highest BCUT2D eigenvalue weighted by molar-refractivity contribution is 6.65. The first-order valence-corrected chi connectivity index (χ1v) is 6.00. The molecule has 1 fully saturated rings. The lowest BCUT2D eigenvalue weighted by molar-refractivity contribution is -0.119. The normalized spacial score (nSPS) is 17.6. The van der Waals surface area contributed by atoms with E-state index in [1.807, 2.05) is 31.2 Å². The largest absolute Gasteiger partial charge is 0.494 e. The zero-order valence-electron chi connectivity index (χ0n) is 9.33. The van der Waals surface area contributed by atoms with E-state index in [4.69, 9.17) is 16.3 Å². The summed E-state index contributed by atoms with van der Waals surface area (Å²) in [5.41, 5.74) is 0.592. The predicted molar refractivity (Wildman–Crippen MR) is 64.0 cm³/mol. The highest BCUT2D eigenvalue weighted by Gasteiger charge is 2.44. The smallest absolute Gasteiger partial charge is 0.232 e. The van der Waals surface area contributed by atoms with Gasteiger partial charge in [0.15, 0.2) is 0 Å². The summed E-state index contributed by atoms with van der Waals surface area (Å²) in [6.07, 6.45) is 2.80. The molecule has 0 saturated heterocycles. The topological polar surface area (TPSA) is 26.3 Å². The Bertz CT molecular complexity index is 379. The van der Waals surface area contributed by atoms with Crippen molar-refractivity contribution in [2.45, 2.75) is 31.6 Å². The van der Waals surface area contributed by atoms with Crippen molar-refractivity contribution in [3.8, 4) is 5.75 Å². The van der Waals surface area contributed by atoms with Gasteiger partial charge in [-0.05, 0) is 49.1 Å². The number of carbonyl (C=O) groups is 1. The molecule has 0 aromatic heterocycles. The molecule has 1 aliphatic rings. The molecule has 3 heteroatoms. The van der Waals surface area contributed by atoms with Gasteiger partial charge in [-0.2, -0.15) is 0 Å². The van der Waals surface area contributed by atoms with Gasteiger partial charge in [0.25, 0.3) is 0 Å². The third-order valence-electron chi connectivity index (χ3n) is 3.30. The van der Waals surface area contributed by atoms with Crippen molar-refractivity contribution in [1.29, 1.82) is 0 Å². The molecule has 0 aliphatic heterocycles. The van der Waals surface area contributed by atoms with Gasteiger partial charge in [0.1, 0.15) is 5.75 Å². The lowest BCUT2D eigenvalue weighted by atomic mass is 9.65. The Labute approximate surface area is 101 Å². The zero-order valence-corrected chi connectivity index (χ0v) is 10.1. The summed E-state index contributed by atoms with van der Waals surface area (Å²) in [4.78, 5) is 11.5. The fourth-order valence-corrected chi connectivity index (χ4v) is 2.46. The van der Waals surface area contributed by atoms with Gasteiger partial charge in [-0.25, -0.2) is 0 Å². The van der Waals surface area contributed by atoms with Gasteiger partial charge in [0.05, 0.1) is 12.0 Å². The molecule has 86 valence electrons. The maximum Gasteiger partial charge on any atom is 0.232 e. The molecule has 1 aromatic rings. The van der Waals surface area contributed by atoms with Gasteiger partial charge in [-0.1, -0.05) is 18.6 Å².